The van der Waals surface area contributed by atoms with Crippen molar-refractivity contribution < 1.29 is 9.15 Å². The molecule has 0 atom stereocenters. The van der Waals surface area contributed by atoms with Gasteiger partial charge in [0.15, 0.2) is 0 Å². The van der Waals surface area contributed by atoms with Gasteiger partial charge in [0.2, 0.25) is 11.6 Å². The molecule has 0 bridgehead atoms. The van der Waals surface area contributed by atoms with Gasteiger partial charge in [-0.1, -0.05) is 0 Å². The molecule has 0 unspecified atom stereocenters. The lowest BCUT2D eigenvalue weighted by atomic mass is 10.2. The van der Waals surface area contributed by atoms with Gasteiger partial charge in [0, 0.05) is 11.6 Å². The lowest BCUT2D eigenvalue weighted by Gasteiger charge is -2.07. The number of ether oxygens (including phenoxy) is 1. The second-order valence-electron chi connectivity index (χ2n) is 5.07. The molecule has 1 N–H and O–H groups in total. The minimum Gasteiger partial charge on any atom is -0.497 e. The van der Waals surface area contributed by atoms with E-state index in [0.717, 1.165) is 22.6 Å². The maximum atomic E-state index is 5.75. The van der Waals surface area contributed by atoms with Gasteiger partial charge >= 0.3 is 0 Å². The van der Waals surface area contributed by atoms with Crippen LogP contribution in [-0.4, -0.2) is 23.1 Å². The van der Waals surface area contributed by atoms with E-state index in [4.69, 9.17) is 9.15 Å². The second-order valence-corrected chi connectivity index (χ2v) is 5.07. The summed E-state index contributed by atoms with van der Waals surface area (Å²) in [6.07, 6.45) is 0. The first-order chi connectivity index (χ1) is 10.2. The highest BCUT2D eigenvalue weighted by molar-refractivity contribution is 5.74. The molecule has 108 valence electrons. The number of aromatic nitrogens is 2. The van der Waals surface area contributed by atoms with E-state index in [1.165, 1.54) is 0 Å². The molecule has 0 amide bonds. The average molecular weight is 283 g/mol. The van der Waals surface area contributed by atoms with Crippen LogP contribution in [-0.2, 0) is 0 Å². The lowest BCUT2D eigenvalue weighted by molar-refractivity contribution is 0.415. The molecule has 0 aliphatic rings. The molecule has 5 heteroatoms. The van der Waals surface area contributed by atoms with Crippen molar-refractivity contribution in [2.75, 3.05) is 12.4 Å². The Bertz CT molecular complexity index is 748. The zero-order valence-corrected chi connectivity index (χ0v) is 12.3. The smallest absolute Gasteiger partial charge is 0.249 e. The van der Waals surface area contributed by atoms with Gasteiger partial charge in [-0.05, 0) is 50.2 Å². The molecule has 3 aromatic rings. The van der Waals surface area contributed by atoms with Gasteiger partial charge in [0.25, 0.3) is 0 Å². The molecule has 0 saturated heterocycles. The van der Waals surface area contributed by atoms with Gasteiger partial charge in [-0.15, -0.1) is 0 Å². The first-order valence-corrected chi connectivity index (χ1v) is 6.84. The number of oxazole rings is 1. The highest BCUT2D eigenvalue weighted by atomic mass is 16.5. The third kappa shape index (κ3) is 2.81. The monoisotopic (exact) mass is 283 g/mol. The van der Waals surface area contributed by atoms with E-state index >= 15 is 0 Å². The first kappa shape index (κ1) is 13.4. The number of hydrogen-bond donors (Lipinski definition) is 1. The Labute approximate surface area is 123 Å². The van der Waals surface area contributed by atoms with E-state index < -0.39 is 0 Å². The summed E-state index contributed by atoms with van der Waals surface area (Å²) >= 11 is 0. The minimum atomic E-state index is 0.318. The molecule has 5 nitrogen and oxygen atoms in total. The Morgan fingerprint density at radius 3 is 2.48 bits per heavy atom. The van der Waals surface area contributed by atoms with E-state index in [0.29, 0.717) is 17.6 Å². The topological polar surface area (TPSA) is 60.2 Å². The molecule has 3 rings (SSSR count). The third-order valence-electron chi connectivity index (χ3n) is 3.03. The predicted octanol–water partition coefficient (Wildman–Crippen LogP) is 3.72. The van der Waals surface area contributed by atoms with Crippen LogP contribution in [0.25, 0.3) is 22.7 Å². The standard InChI is InChI=1S/C16H17N3O2/c1-10(2)17-14-9-8-13-16(19-14)21-15(18-13)11-4-6-12(20-3)7-5-11/h4-10H,1-3H3,(H,17,19). The van der Waals surface area contributed by atoms with Crippen molar-refractivity contribution in [3.8, 4) is 17.2 Å². The zero-order chi connectivity index (χ0) is 14.8. The van der Waals surface area contributed by atoms with Crippen LogP contribution in [0.3, 0.4) is 0 Å². The van der Waals surface area contributed by atoms with E-state index in [1.807, 2.05) is 36.4 Å². The van der Waals surface area contributed by atoms with Crippen molar-refractivity contribution in [3.05, 3.63) is 36.4 Å². The van der Waals surface area contributed by atoms with Crippen LogP contribution in [0.5, 0.6) is 5.75 Å². The fourth-order valence-corrected chi connectivity index (χ4v) is 2.05. The summed E-state index contributed by atoms with van der Waals surface area (Å²) in [4.78, 5) is 8.89. The molecule has 1 aromatic carbocycles. The number of fused-ring (bicyclic) bond motifs is 1. The van der Waals surface area contributed by atoms with E-state index in [9.17, 15) is 0 Å². The normalized spacial score (nSPS) is 11.0. The molecular formula is C16H17N3O2. The fraction of sp³-hybridized carbons (Fsp3) is 0.250. The SMILES string of the molecule is COc1ccc(-c2nc3ccc(NC(C)C)nc3o2)cc1. The molecule has 0 aliphatic heterocycles. The van der Waals surface area contributed by atoms with E-state index in [-0.39, 0.29) is 0 Å². The van der Waals surface area contributed by atoms with Crippen LogP contribution in [0.15, 0.2) is 40.8 Å². The highest BCUT2D eigenvalue weighted by Gasteiger charge is 2.10. The van der Waals surface area contributed by atoms with Gasteiger partial charge in [0.05, 0.1) is 7.11 Å². The van der Waals surface area contributed by atoms with Crippen molar-refractivity contribution in [2.24, 2.45) is 0 Å². The Morgan fingerprint density at radius 1 is 1.05 bits per heavy atom. The van der Waals surface area contributed by atoms with Crippen molar-refractivity contribution in [2.45, 2.75) is 19.9 Å². The van der Waals surface area contributed by atoms with Crippen molar-refractivity contribution in [3.63, 3.8) is 0 Å². The van der Waals surface area contributed by atoms with Crippen molar-refractivity contribution in [1.29, 1.82) is 0 Å². The Balaban J connectivity index is 1.95. The van der Waals surface area contributed by atoms with Gasteiger partial charge in [-0.3, -0.25) is 0 Å². The molecule has 0 spiro atoms. The summed E-state index contributed by atoms with van der Waals surface area (Å²) in [5.41, 5.74) is 2.17. The maximum absolute atomic E-state index is 5.75. The third-order valence-corrected chi connectivity index (χ3v) is 3.03. The summed E-state index contributed by atoms with van der Waals surface area (Å²) in [5, 5.41) is 3.25. The molecule has 0 radical (unpaired) electrons. The Hall–Kier alpha value is -2.56. The molecule has 21 heavy (non-hydrogen) atoms. The van der Waals surface area contributed by atoms with E-state index in [2.05, 4.69) is 29.1 Å². The molecular weight excluding hydrogens is 266 g/mol. The Morgan fingerprint density at radius 2 is 1.81 bits per heavy atom. The van der Waals surface area contributed by atoms with Gasteiger partial charge in [-0.25, -0.2) is 4.98 Å². The summed E-state index contributed by atoms with van der Waals surface area (Å²) in [7, 11) is 1.64. The summed E-state index contributed by atoms with van der Waals surface area (Å²) in [6.45, 7) is 4.13. The molecule has 2 heterocycles. The number of nitrogens with one attached hydrogen (secondary N) is 1. The van der Waals surface area contributed by atoms with Crippen molar-refractivity contribution in [1.82, 2.24) is 9.97 Å². The highest BCUT2D eigenvalue weighted by Crippen LogP contribution is 2.25. The second kappa shape index (κ2) is 5.44. The number of hydrogen-bond acceptors (Lipinski definition) is 5. The molecule has 0 fully saturated rings. The fourth-order valence-electron chi connectivity index (χ4n) is 2.05. The number of methoxy groups -OCH3 is 1. The van der Waals surface area contributed by atoms with E-state index in [1.54, 1.807) is 7.11 Å². The van der Waals surface area contributed by atoms with Gasteiger partial charge in [0.1, 0.15) is 17.1 Å². The number of anilines is 1. The quantitative estimate of drug-likeness (QED) is 0.790. The summed E-state index contributed by atoms with van der Waals surface area (Å²) in [6, 6.07) is 11.7. The molecule has 0 saturated carbocycles. The Kier molecular flexibility index (Phi) is 3.48. The molecule has 2 aromatic heterocycles. The average Bonchev–Trinajstić information content (AvgIpc) is 2.90. The maximum Gasteiger partial charge on any atom is 0.249 e. The number of rotatable bonds is 4. The van der Waals surface area contributed by atoms with Gasteiger partial charge < -0.3 is 14.5 Å². The number of nitrogens with zero attached hydrogens (tertiary/aromatic N) is 2. The molecule has 0 aliphatic carbocycles. The van der Waals surface area contributed by atoms with Crippen molar-refractivity contribution >= 4 is 17.0 Å². The van der Waals surface area contributed by atoms with Crippen LogP contribution >= 0.6 is 0 Å². The van der Waals surface area contributed by atoms with Crippen LogP contribution in [0, 0.1) is 0 Å². The zero-order valence-electron chi connectivity index (χ0n) is 12.3. The predicted molar refractivity (Wildman–Crippen MR) is 82.6 cm³/mol. The van der Waals surface area contributed by atoms with Crippen LogP contribution in [0.2, 0.25) is 0 Å². The minimum absolute atomic E-state index is 0.318. The van der Waals surface area contributed by atoms with Crippen LogP contribution < -0.4 is 10.1 Å². The summed E-state index contributed by atoms with van der Waals surface area (Å²) in [5.74, 6) is 2.15. The first-order valence-electron chi connectivity index (χ1n) is 6.84. The van der Waals surface area contributed by atoms with Crippen LogP contribution in [0.1, 0.15) is 13.8 Å². The van der Waals surface area contributed by atoms with Gasteiger partial charge in [-0.2, -0.15) is 4.98 Å². The number of benzene rings is 1. The lowest BCUT2D eigenvalue weighted by Crippen LogP contribution is -2.10. The van der Waals surface area contributed by atoms with Crippen LogP contribution in [0.4, 0.5) is 5.82 Å². The number of pyridine rings is 1. The largest absolute Gasteiger partial charge is 0.497 e. The summed E-state index contributed by atoms with van der Waals surface area (Å²) < 4.78 is 10.9.